The van der Waals surface area contributed by atoms with Crippen molar-refractivity contribution in [1.29, 1.82) is 0 Å². The van der Waals surface area contributed by atoms with E-state index >= 15 is 0 Å². The lowest BCUT2D eigenvalue weighted by Gasteiger charge is -2.15. The van der Waals surface area contributed by atoms with Gasteiger partial charge in [0.1, 0.15) is 0 Å². The van der Waals surface area contributed by atoms with Gasteiger partial charge in [-0.3, -0.25) is 10.1 Å². The molecule has 7 nitrogen and oxygen atoms in total. The van der Waals surface area contributed by atoms with Crippen molar-refractivity contribution in [2.24, 2.45) is 0 Å². The van der Waals surface area contributed by atoms with Crippen LogP contribution in [0, 0.1) is 13.8 Å². The van der Waals surface area contributed by atoms with Crippen LogP contribution >= 0.6 is 0 Å². The summed E-state index contributed by atoms with van der Waals surface area (Å²) in [6.45, 7) is 7.95. The van der Waals surface area contributed by atoms with Crippen LogP contribution < -0.4 is 10.6 Å². The van der Waals surface area contributed by atoms with Crippen molar-refractivity contribution in [2.75, 3.05) is 0 Å². The second-order valence-electron chi connectivity index (χ2n) is 6.52. The molecule has 0 aromatic carbocycles. The molecule has 0 radical (unpaired) electrons. The molecule has 0 saturated heterocycles. The molecule has 0 spiro atoms. The van der Waals surface area contributed by atoms with Gasteiger partial charge in [-0.1, -0.05) is 12.8 Å². The highest BCUT2D eigenvalue weighted by Gasteiger charge is 2.24. The molecule has 2 N–H and O–H groups in total. The summed E-state index contributed by atoms with van der Waals surface area (Å²) in [5, 5.41) is 5.00. The van der Waals surface area contributed by atoms with Crippen LogP contribution in [0.25, 0.3) is 0 Å². The number of hydrogen-bond acceptors (Lipinski definition) is 4. The van der Waals surface area contributed by atoms with Crippen LogP contribution in [-0.4, -0.2) is 34.6 Å². The average Bonchev–Trinajstić information content (AvgIpc) is 3.14. The lowest BCUT2D eigenvalue weighted by molar-refractivity contribution is -0.127. The topological polar surface area (TPSA) is 89.4 Å². The van der Waals surface area contributed by atoms with Crippen molar-refractivity contribution in [1.82, 2.24) is 15.2 Å². The zero-order valence-electron chi connectivity index (χ0n) is 15.3. The van der Waals surface area contributed by atoms with Gasteiger partial charge in [-0.15, -0.1) is 0 Å². The summed E-state index contributed by atoms with van der Waals surface area (Å²) in [4.78, 5) is 36.2. The minimum absolute atomic E-state index is 0.116. The lowest BCUT2D eigenvalue weighted by atomic mass is 10.2. The Kier molecular flexibility index (Phi) is 6.22. The van der Waals surface area contributed by atoms with E-state index in [1.54, 1.807) is 6.07 Å². The Morgan fingerprint density at radius 1 is 1.28 bits per heavy atom. The minimum atomic E-state index is -1.05. The second kappa shape index (κ2) is 8.18. The number of nitrogens with one attached hydrogen (secondary N) is 2. The van der Waals surface area contributed by atoms with Gasteiger partial charge in [0.05, 0.1) is 5.56 Å². The molecule has 1 heterocycles. The van der Waals surface area contributed by atoms with E-state index in [9.17, 15) is 14.4 Å². The largest absolute Gasteiger partial charge is 0.449 e. The third kappa shape index (κ3) is 4.61. The maximum absolute atomic E-state index is 12.3. The Morgan fingerprint density at radius 3 is 2.48 bits per heavy atom. The molecule has 0 unspecified atom stereocenters. The van der Waals surface area contributed by atoms with Crippen LogP contribution in [0.15, 0.2) is 6.07 Å². The Bertz CT molecular complexity index is 660. The molecule has 1 aliphatic rings. The highest BCUT2D eigenvalue weighted by molar-refractivity contribution is 5.98. The summed E-state index contributed by atoms with van der Waals surface area (Å²) >= 11 is 0. The molecule has 0 aliphatic heterocycles. The molecular formula is C18H27N3O4. The van der Waals surface area contributed by atoms with E-state index in [0.717, 1.165) is 43.6 Å². The number of rotatable bonds is 5. The molecule has 0 bridgehead atoms. The van der Waals surface area contributed by atoms with Crippen LogP contribution in [0.4, 0.5) is 4.79 Å². The van der Waals surface area contributed by atoms with E-state index in [1.165, 1.54) is 6.92 Å². The Hall–Kier alpha value is -2.31. The number of imide groups is 1. The number of ether oxygens (including phenoxy) is 1. The molecule has 138 valence electrons. The quantitative estimate of drug-likeness (QED) is 0.799. The van der Waals surface area contributed by atoms with Gasteiger partial charge in [-0.05, 0) is 46.6 Å². The Balaban J connectivity index is 1.89. The van der Waals surface area contributed by atoms with Crippen molar-refractivity contribution >= 4 is 17.9 Å². The number of esters is 1. The zero-order chi connectivity index (χ0) is 18.6. The van der Waals surface area contributed by atoms with Gasteiger partial charge < -0.3 is 14.6 Å². The van der Waals surface area contributed by atoms with E-state index in [4.69, 9.17) is 4.74 Å². The maximum atomic E-state index is 12.3. The number of nitrogens with zero attached hydrogens (tertiary/aromatic N) is 1. The summed E-state index contributed by atoms with van der Waals surface area (Å²) < 4.78 is 7.21. The monoisotopic (exact) mass is 349 g/mol. The van der Waals surface area contributed by atoms with E-state index in [2.05, 4.69) is 10.6 Å². The van der Waals surface area contributed by atoms with Crippen molar-refractivity contribution in [3.8, 4) is 0 Å². The fourth-order valence-electron chi connectivity index (χ4n) is 3.28. The fraction of sp³-hybridized carbons (Fsp3) is 0.611. The van der Waals surface area contributed by atoms with Crippen LogP contribution in [0.5, 0.6) is 0 Å². The molecular weight excluding hydrogens is 322 g/mol. The number of urea groups is 1. The molecule has 3 amide bonds. The number of aryl methyl sites for hydroxylation is 1. The van der Waals surface area contributed by atoms with E-state index in [1.807, 2.05) is 25.3 Å². The zero-order valence-corrected chi connectivity index (χ0v) is 15.3. The summed E-state index contributed by atoms with van der Waals surface area (Å²) in [5.74, 6) is -1.19. The first-order valence-electron chi connectivity index (χ1n) is 8.82. The highest BCUT2D eigenvalue weighted by Crippen LogP contribution is 2.18. The molecule has 1 atom stereocenters. The van der Waals surface area contributed by atoms with Crippen LogP contribution in [0.3, 0.4) is 0 Å². The molecule has 1 aromatic rings. The summed E-state index contributed by atoms with van der Waals surface area (Å²) in [7, 11) is 0. The first-order valence-corrected chi connectivity index (χ1v) is 8.82. The lowest BCUT2D eigenvalue weighted by Crippen LogP contribution is -2.47. The number of amides is 3. The van der Waals surface area contributed by atoms with Gasteiger partial charge in [0.2, 0.25) is 0 Å². The summed E-state index contributed by atoms with van der Waals surface area (Å²) in [6, 6.07) is 1.33. The predicted molar refractivity (Wildman–Crippen MR) is 93.4 cm³/mol. The summed E-state index contributed by atoms with van der Waals surface area (Å²) in [6.07, 6.45) is 2.98. The first-order chi connectivity index (χ1) is 11.8. The number of aromatic nitrogens is 1. The molecule has 1 aromatic heterocycles. The van der Waals surface area contributed by atoms with Crippen molar-refractivity contribution < 1.29 is 19.1 Å². The average molecular weight is 349 g/mol. The molecule has 2 rings (SSSR count). The Morgan fingerprint density at radius 2 is 1.92 bits per heavy atom. The van der Waals surface area contributed by atoms with Crippen LogP contribution in [0.2, 0.25) is 0 Å². The molecule has 1 fully saturated rings. The first kappa shape index (κ1) is 19.0. The van der Waals surface area contributed by atoms with Gasteiger partial charge in [-0.2, -0.15) is 0 Å². The van der Waals surface area contributed by atoms with Crippen LogP contribution in [-0.2, 0) is 16.1 Å². The van der Waals surface area contributed by atoms with Crippen LogP contribution in [0.1, 0.15) is 61.3 Å². The van der Waals surface area contributed by atoms with Crippen molar-refractivity contribution in [3.05, 3.63) is 23.0 Å². The fourth-order valence-corrected chi connectivity index (χ4v) is 3.28. The number of hydrogen-bond donors (Lipinski definition) is 2. The predicted octanol–water partition coefficient (Wildman–Crippen LogP) is 2.44. The molecule has 7 heteroatoms. The van der Waals surface area contributed by atoms with Gasteiger partial charge in [-0.25, -0.2) is 9.59 Å². The smallest absolute Gasteiger partial charge is 0.340 e. The third-order valence-corrected chi connectivity index (χ3v) is 4.69. The normalized spacial score (nSPS) is 15.7. The third-order valence-electron chi connectivity index (χ3n) is 4.69. The molecule has 1 aliphatic carbocycles. The second-order valence-corrected chi connectivity index (χ2v) is 6.52. The summed E-state index contributed by atoms with van der Waals surface area (Å²) in [5.41, 5.74) is 2.20. The van der Waals surface area contributed by atoms with Gasteiger partial charge in [0, 0.05) is 24.0 Å². The Labute approximate surface area is 148 Å². The SMILES string of the molecule is CCn1c(C)cc(C(=O)O[C@H](C)C(=O)NC(=O)NC2CCCC2)c1C. The van der Waals surface area contributed by atoms with Crippen molar-refractivity contribution in [2.45, 2.75) is 72.1 Å². The molecule has 25 heavy (non-hydrogen) atoms. The van der Waals surface area contributed by atoms with E-state index in [-0.39, 0.29) is 6.04 Å². The number of carbonyl (C=O) groups is 3. The number of carbonyl (C=O) groups excluding carboxylic acids is 3. The standard InChI is InChI=1S/C18H27N3O4/c1-5-21-11(2)10-15(12(21)3)17(23)25-13(4)16(22)20-18(24)19-14-8-6-7-9-14/h10,13-14H,5-9H2,1-4H3,(H2,19,20,22,24)/t13-/m1/s1. The van der Waals surface area contributed by atoms with Gasteiger partial charge >= 0.3 is 12.0 Å². The van der Waals surface area contributed by atoms with Crippen molar-refractivity contribution in [3.63, 3.8) is 0 Å². The maximum Gasteiger partial charge on any atom is 0.340 e. The molecule has 1 saturated carbocycles. The highest BCUT2D eigenvalue weighted by atomic mass is 16.5. The van der Waals surface area contributed by atoms with E-state index < -0.39 is 24.0 Å². The van der Waals surface area contributed by atoms with Gasteiger partial charge in [0.25, 0.3) is 5.91 Å². The minimum Gasteiger partial charge on any atom is -0.449 e. The van der Waals surface area contributed by atoms with E-state index in [0.29, 0.717) is 5.56 Å². The van der Waals surface area contributed by atoms with Gasteiger partial charge in [0.15, 0.2) is 6.10 Å².